The standard InChI is InChI=1S/C20H31N/c1-7-11-20(12-8-2)16-18(5)13-14-19(6)17-21(10-4)15-9-3/h7-8,10-14H,1,4,9,15-17H2,2-3,5-6H3/b12-8-,18-13+,19-14+,20-11+. The Bertz CT molecular complexity index is 433. The van der Waals surface area contributed by atoms with Crippen molar-refractivity contribution in [3.8, 4) is 0 Å². The largest absolute Gasteiger partial charge is 0.374 e. The second-order valence-electron chi connectivity index (χ2n) is 5.33. The first kappa shape index (κ1) is 19.2. The van der Waals surface area contributed by atoms with E-state index in [1.54, 1.807) is 0 Å². The van der Waals surface area contributed by atoms with Crippen molar-refractivity contribution in [2.75, 3.05) is 13.1 Å². The van der Waals surface area contributed by atoms with Crippen LogP contribution in [0.5, 0.6) is 0 Å². The highest BCUT2D eigenvalue weighted by atomic mass is 15.1. The summed E-state index contributed by atoms with van der Waals surface area (Å²) in [5, 5.41) is 0. The molecule has 0 bridgehead atoms. The third-order valence-corrected chi connectivity index (χ3v) is 3.07. The van der Waals surface area contributed by atoms with Gasteiger partial charge < -0.3 is 4.90 Å². The molecule has 21 heavy (non-hydrogen) atoms. The lowest BCUT2D eigenvalue weighted by Gasteiger charge is -2.19. The molecule has 0 aliphatic heterocycles. The van der Waals surface area contributed by atoms with Gasteiger partial charge in [0.25, 0.3) is 0 Å². The maximum absolute atomic E-state index is 3.87. The van der Waals surface area contributed by atoms with Crippen LogP contribution < -0.4 is 0 Å². The summed E-state index contributed by atoms with van der Waals surface area (Å²) in [4.78, 5) is 2.25. The van der Waals surface area contributed by atoms with E-state index in [2.05, 4.69) is 69.2 Å². The lowest BCUT2D eigenvalue weighted by atomic mass is 10.0. The fourth-order valence-corrected chi connectivity index (χ4v) is 2.10. The molecule has 0 aromatic rings. The molecule has 116 valence electrons. The summed E-state index contributed by atoms with van der Waals surface area (Å²) in [6.07, 6.45) is 16.6. The zero-order chi connectivity index (χ0) is 16.1. The van der Waals surface area contributed by atoms with Crippen molar-refractivity contribution in [2.24, 2.45) is 0 Å². The van der Waals surface area contributed by atoms with Gasteiger partial charge in [0, 0.05) is 13.1 Å². The summed E-state index contributed by atoms with van der Waals surface area (Å²) in [5.74, 6) is 0. The molecule has 0 aromatic heterocycles. The number of nitrogens with zero attached hydrogens (tertiary/aromatic N) is 1. The molecular formula is C20H31N. The van der Waals surface area contributed by atoms with Gasteiger partial charge in [-0.15, -0.1) is 0 Å². The van der Waals surface area contributed by atoms with Crippen molar-refractivity contribution in [2.45, 2.75) is 40.5 Å². The van der Waals surface area contributed by atoms with E-state index in [0.717, 1.165) is 25.9 Å². The number of allylic oxidation sites excluding steroid dienone is 8. The van der Waals surface area contributed by atoms with E-state index in [0.29, 0.717) is 0 Å². The highest BCUT2D eigenvalue weighted by Gasteiger charge is 1.98. The van der Waals surface area contributed by atoms with Crippen molar-refractivity contribution < 1.29 is 0 Å². The third kappa shape index (κ3) is 9.73. The van der Waals surface area contributed by atoms with Crippen LogP contribution in [-0.4, -0.2) is 18.0 Å². The Labute approximate surface area is 131 Å². The van der Waals surface area contributed by atoms with E-state index in [1.807, 2.05) is 19.2 Å². The van der Waals surface area contributed by atoms with Gasteiger partial charge in [0.05, 0.1) is 0 Å². The maximum atomic E-state index is 3.87. The van der Waals surface area contributed by atoms with Gasteiger partial charge in [-0.2, -0.15) is 0 Å². The lowest BCUT2D eigenvalue weighted by Crippen LogP contribution is -2.19. The molecule has 0 atom stereocenters. The van der Waals surface area contributed by atoms with Gasteiger partial charge in [0.2, 0.25) is 0 Å². The minimum atomic E-state index is 0.950. The summed E-state index contributed by atoms with van der Waals surface area (Å²) < 4.78 is 0. The SMILES string of the molecule is C=C/C=C(\C=C/C)C/C(C)=C/C=C(\C)CN(C=C)CCC. The van der Waals surface area contributed by atoms with E-state index in [4.69, 9.17) is 0 Å². The number of rotatable bonds is 10. The molecule has 0 rings (SSSR count). The Morgan fingerprint density at radius 3 is 2.24 bits per heavy atom. The molecule has 0 saturated carbocycles. The molecule has 0 aromatic carbocycles. The van der Waals surface area contributed by atoms with Crippen LogP contribution in [0.15, 0.2) is 72.5 Å². The topological polar surface area (TPSA) is 3.24 Å². The van der Waals surface area contributed by atoms with Crippen LogP contribution in [0.3, 0.4) is 0 Å². The lowest BCUT2D eigenvalue weighted by molar-refractivity contribution is 0.407. The maximum Gasteiger partial charge on any atom is 0.0383 e. The summed E-state index contributed by atoms with van der Waals surface area (Å²) in [5.41, 5.74) is 3.98. The van der Waals surface area contributed by atoms with E-state index in [-0.39, 0.29) is 0 Å². The zero-order valence-electron chi connectivity index (χ0n) is 14.2. The van der Waals surface area contributed by atoms with Crippen LogP contribution >= 0.6 is 0 Å². The van der Waals surface area contributed by atoms with Crippen molar-refractivity contribution in [3.05, 3.63) is 72.5 Å². The molecule has 1 nitrogen and oxygen atoms in total. The Morgan fingerprint density at radius 1 is 1.05 bits per heavy atom. The molecule has 0 aliphatic rings. The minimum Gasteiger partial charge on any atom is -0.374 e. The molecule has 0 N–H and O–H groups in total. The predicted octanol–water partition coefficient (Wildman–Crippen LogP) is 5.81. The van der Waals surface area contributed by atoms with Crippen LogP contribution in [0.1, 0.15) is 40.5 Å². The summed E-state index contributed by atoms with van der Waals surface area (Å²) in [7, 11) is 0. The molecule has 0 saturated heterocycles. The van der Waals surface area contributed by atoms with Crippen LogP contribution in [-0.2, 0) is 0 Å². The van der Waals surface area contributed by atoms with E-state index in [1.165, 1.54) is 16.7 Å². The van der Waals surface area contributed by atoms with Gasteiger partial charge in [-0.1, -0.05) is 67.7 Å². The monoisotopic (exact) mass is 285 g/mol. The molecule has 0 fully saturated rings. The molecule has 0 aliphatic carbocycles. The summed E-state index contributed by atoms with van der Waals surface area (Å²) in [6, 6.07) is 0. The van der Waals surface area contributed by atoms with Crippen molar-refractivity contribution in [1.29, 1.82) is 0 Å². The van der Waals surface area contributed by atoms with Crippen molar-refractivity contribution in [1.82, 2.24) is 4.90 Å². The Balaban J connectivity index is 4.68. The molecule has 1 heteroatoms. The van der Waals surface area contributed by atoms with E-state index >= 15 is 0 Å². The molecule has 0 heterocycles. The first-order valence-corrected chi connectivity index (χ1v) is 7.71. The first-order chi connectivity index (χ1) is 10.1. The Morgan fingerprint density at radius 2 is 1.71 bits per heavy atom. The van der Waals surface area contributed by atoms with Gasteiger partial charge in [0.15, 0.2) is 0 Å². The van der Waals surface area contributed by atoms with Gasteiger partial charge in [0.1, 0.15) is 0 Å². The van der Waals surface area contributed by atoms with Gasteiger partial charge in [-0.3, -0.25) is 0 Å². The van der Waals surface area contributed by atoms with Gasteiger partial charge in [-0.25, -0.2) is 0 Å². The highest BCUT2D eigenvalue weighted by Crippen LogP contribution is 2.13. The van der Waals surface area contributed by atoms with Gasteiger partial charge in [-0.05, 0) is 45.4 Å². The Kier molecular flexibility index (Phi) is 11.0. The van der Waals surface area contributed by atoms with E-state index in [9.17, 15) is 0 Å². The van der Waals surface area contributed by atoms with E-state index < -0.39 is 0 Å². The number of hydrogen-bond acceptors (Lipinski definition) is 1. The normalized spacial score (nSPS) is 13.6. The first-order valence-electron chi connectivity index (χ1n) is 7.71. The fraction of sp³-hybridized carbons (Fsp3) is 0.400. The Hall–Kier alpha value is -1.76. The van der Waals surface area contributed by atoms with Crippen molar-refractivity contribution >= 4 is 0 Å². The summed E-state index contributed by atoms with van der Waals surface area (Å²) in [6.45, 7) is 18.2. The molecule has 0 amide bonds. The van der Waals surface area contributed by atoms with Crippen LogP contribution in [0, 0.1) is 0 Å². The average Bonchev–Trinajstić information content (AvgIpc) is 2.45. The van der Waals surface area contributed by atoms with Crippen LogP contribution in [0.4, 0.5) is 0 Å². The molecule has 0 spiro atoms. The minimum absolute atomic E-state index is 0.950. The second kappa shape index (κ2) is 12.0. The molecular weight excluding hydrogens is 254 g/mol. The average molecular weight is 285 g/mol. The smallest absolute Gasteiger partial charge is 0.0383 e. The van der Waals surface area contributed by atoms with Gasteiger partial charge >= 0.3 is 0 Å². The van der Waals surface area contributed by atoms with Crippen molar-refractivity contribution in [3.63, 3.8) is 0 Å². The van der Waals surface area contributed by atoms with Crippen LogP contribution in [0.25, 0.3) is 0 Å². The number of hydrogen-bond donors (Lipinski definition) is 0. The third-order valence-electron chi connectivity index (χ3n) is 3.07. The summed E-state index contributed by atoms with van der Waals surface area (Å²) >= 11 is 0. The van der Waals surface area contributed by atoms with Crippen LogP contribution in [0.2, 0.25) is 0 Å². The fourth-order valence-electron chi connectivity index (χ4n) is 2.10. The molecule has 0 unspecified atom stereocenters. The highest BCUT2D eigenvalue weighted by molar-refractivity contribution is 5.29. The molecule has 0 radical (unpaired) electrons. The zero-order valence-corrected chi connectivity index (χ0v) is 14.2. The quantitative estimate of drug-likeness (QED) is 0.458. The predicted molar refractivity (Wildman–Crippen MR) is 97.3 cm³/mol. The second-order valence-corrected chi connectivity index (χ2v) is 5.33.